The number of benzene rings is 3. The van der Waals surface area contributed by atoms with Gasteiger partial charge in [0.2, 0.25) is 6.10 Å². The molecule has 0 fully saturated rings. The number of aliphatic carboxylic acids is 1. The molecule has 0 radical (unpaired) electrons. The van der Waals surface area contributed by atoms with E-state index >= 15 is 0 Å². The van der Waals surface area contributed by atoms with Crippen molar-refractivity contribution in [2.24, 2.45) is 0 Å². The Morgan fingerprint density at radius 3 is 2.33 bits per heavy atom. The fraction of sp³-hybridized carbons (Fsp3) is 0.100. The number of allylic oxidation sites excluding steroid dienone is 1. The van der Waals surface area contributed by atoms with Crippen LogP contribution in [0.4, 0.5) is 0 Å². The number of carboxylic acids is 1. The van der Waals surface area contributed by atoms with Crippen LogP contribution in [-0.4, -0.2) is 38.3 Å². The van der Waals surface area contributed by atoms with Gasteiger partial charge in [0.15, 0.2) is 17.3 Å². The highest BCUT2D eigenvalue weighted by atomic mass is 16.5. The van der Waals surface area contributed by atoms with E-state index in [0.717, 1.165) is 0 Å². The lowest BCUT2D eigenvalue weighted by atomic mass is 9.81. The minimum absolute atomic E-state index is 0.0294. The Morgan fingerprint density at radius 2 is 1.63 bits per heavy atom. The highest BCUT2D eigenvalue weighted by molar-refractivity contribution is 6.27. The lowest BCUT2D eigenvalue weighted by Gasteiger charge is -2.32. The number of aliphatic hydroxyl groups is 1. The zero-order chi connectivity index (χ0) is 19.0. The van der Waals surface area contributed by atoms with Crippen LogP contribution < -0.4 is 4.74 Å². The van der Waals surface area contributed by atoms with E-state index in [9.17, 15) is 30.0 Å². The number of fused-ring (bicyclic) bond motifs is 2. The molecule has 1 heterocycles. The highest BCUT2D eigenvalue weighted by Crippen LogP contribution is 2.51. The zero-order valence-electron chi connectivity index (χ0n) is 13.6. The molecule has 0 aromatic heterocycles. The van der Waals surface area contributed by atoms with Crippen molar-refractivity contribution in [3.05, 3.63) is 47.0 Å². The SMILES string of the molecule is O=C1C=Cc2c3c4c(c(O)ccc4c4ccc(O)c1c24)O[C@H](C(=O)O)[C@@H]3O. The second-order valence-electron chi connectivity index (χ2n) is 6.57. The molecule has 0 spiro atoms. The van der Waals surface area contributed by atoms with Gasteiger partial charge in [0, 0.05) is 16.3 Å². The van der Waals surface area contributed by atoms with Gasteiger partial charge in [0.05, 0.1) is 5.56 Å². The Morgan fingerprint density at radius 1 is 0.963 bits per heavy atom. The van der Waals surface area contributed by atoms with E-state index in [2.05, 4.69) is 0 Å². The molecule has 7 heteroatoms. The number of ketones is 1. The number of hydrogen-bond acceptors (Lipinski definition) is 6. The van der Waals surface area contributed by atoms with Gasteiger partial charge in [-0.05, 0) is 40.6 Å². The second kappa shape index (κ2) is 4.99. The largest absolute Gasteiger partial charge is 0.507 e. The minimum atomic E-state index is -1.62. The molecule has 3 aromatic rings. The average Bonchev–Trinajstić information content (AvgIpc) is 2.63. The van der Waals surface area contributed by atoms with Gasteiger partial charge >= 0.3 is 5.97 Å². The molecule has 0 saturated heterocycles. The van der Waals surface area contributed by atoms with E-state index in [4.69, 9.17) is 4.74 Å². The highest BCUT2D eigenvalue weighted by Gasteiger charge is 2.40. The van der Waals surface area contributed by atoms with Crippen LogP contribution in [0.5, 0.6) is 17.2 Å². The molecule has 2 atom stereocenters. The number of aliphatic hydroxyl groups excluding tert-OH is 1. The van der Waals surface area contributed by atoms with Gasteiger partial charge in [0.1, 0.15) is 11.9 Å². The summed E-state index contributed by atoms with van der Waals surface area (Å²) >= 11 is 0. The molecule has 0 amide bonds. The third kappa shape index (κ3) is 1.83. The Kier molecular flexibility index (Phi) is 2.89. The van der Waals surface area contributed by atoms with Gasteiger partial charge in [0.25, 0.3) is 0 Å². The summed E-state index contributed by atoms with van der Waals surface area (Å²) in [6, 6.07) is 6.03. The summed E-state index contributed by atoms with van der Waals surface area (Å²) in [6.45, 7) is 0. The fourth-order valence-electron chi connectivity index (χ4n) is 4.05. The number of carbonyl (C=O) groups excluding carboxylic acids is 1. The van der Waals surface area contributed by atoms with E-state index < -0.39 is 18.2 Å². The Hall–Kier alpha value is -3.58. The van der Waals surface area contributed by atoms with Crippen LogP contribution in [-0.2, 0) is 4.79 Å². The molecule has 0 bridgehead atoms. The predicted molar refractivity (Wildman–Crippen MR) is 95.2 cm³/mol. The summed E-state index contributed by atoms with van der Waals surface area (Å²) in [5, 5.41) is 42.6. The van der Waals surface area contributed by atoms with Crippen molar-refractivity contribution < 1.29 is 34.8 Å². The van der Waals surface area contributed by atoms with E-state index in [-0.39, 0.29) is 34.2 Å². The minimum Gasteiger partial charge on any atom is -0.507 e. The number of rotatable bonds is 1. The monoisotopic (exact) mass is 364 g/mol. The van der Waals surface area contributed by atoms with Crippen molar-refractivity contribution in [3.8, 4) is 17.2 Å². The maximum absolute atomic E-state index is 12.3. The smallest absolute Gasteiger partial charge is 0.348 e. The summed E-state index contributed by atoms with van der Waals surface area (Å²) in [7, 11) is 0. The molecule has 1 aliphatic heterocycles. The molecule has 7 nitrogen and oxygen atoms in total. The van der Waals surface area contributed by atoms with Crippen LogP contribution in [0.2, 0.25) is 0 Å². The fourth-order valence-corrected chi connectivity index (χ4v) is 4.05. The number of phenolic OH excluding ortho intramolecular Hbond substituents is 2. The number of ether oxygens (including phenoxy) is 1. The molecule has 0 unspecified atom stereocenters. The van der Waals surface area contributed by atoms with Gasteiger partial charge < -0.3 is 25.2 Å². The van der Waals surface area contributed by atoms with E-state index in [1.807, 2.05) is 0 Å². The van der Waals surface area contributed by atoms with Gasteiger partial charge in [-0.25, -0.2) is 4.79 Å². The molecule has 4 N–H and O–H groups in total. The molecular weight excluding hydrogens is 352 g/mol. The molecule has 134 valence electrons. The summed E-state index contributed by atoms with van der Waals surface area (Å²) < 4.78 is 5.41. The molecule has 27 heavy (non-hydrogen) atoms. The first-order valence-corrected chi connectivity index (χ1v) is 8.17. The predicted octanol–water partition coefficient (Wildman–Crippen LogP) is 2.49. The zero-order valence-corrected chi connectivity index (χ0v) is 13.6. The van der Waals surface area contributed by atoms with Crippen LogP contribution in [0.1, 0.15) is 27.6 Å². The summed E-state index contributed by atoms with van der Waals surface area (Å²) in [5.41, 5.74) is 0.776. The van der Waals surface area contributed by atoms with Crippen LogP contribution in [0, 0.1) is 0 Å². The quantitative estimate of drug-likeness (QED) is 0.489. The first-order valence-electron chi connectivity index (χ1n) is 8.17. The summed E-state index contributed by atoms with van der Waals surface area (Å²) in [6.07, 6.45) is -0.381. The first-order chi connectivity index (χ1) is 12.9. The van der Waals surface area contributed by atoms with Gasteiger partial charge in [-0.2, -0.15) is 0 Å². The van der Waals surface area contributed by atoms with E-state index in [0.29, 0.717) is 27.1 Å². The van der Waals surface area contributed by atoms with Crippen LogP contribution in [0.3, 0.4) is 0 Å². The standard InChI is InChI=1S/C20H12O7/c21-10-4-1-7-8-2-6-12(23)18-15(8)14(17(24)19(27-18)20(25)26)9-3-5-11(22)16(10)13(7)9/h1-6,17,19,21,23-24H,(H,25,26)/t17-,19+/m1/s1. The normalized spacial score (nSPS) is 20.1. The van der Waals surface area contributed by atoms with Crippen LogP contribution in [0.25, 0.3) is 27.6 Å². The van der Waals surface area contributed by atoms with Gasteiger partial charge in [-0.15, -0.1) is 0 Å². The lowest BCUT2D eigenvalue weighted by Crippen LogP contribution is -2.36. The third-order valence-electron chi connectivity index (χ3n) is 5.16. The van der Waals surface area contributed by atoms with Gasteiger partial charge in [-0.3, -0.25) is 4.79 Å². The van der Waals surface area contributed by atoms with E-state index in [1.54, 1.807) is 12.1 Å². The molecule has 5 rings (SSSR count). The van der Waals surface area contributed by atoms with Crippen LogP contribution in [0.15, 0.2) is 30.3 Å². The van der Waals surface area contributed by atoms with E-state index in [1.165, 1.54) is 24.3 Å². The topological polar surface area (TPSA) is 124 Å². The number of phenols is 2. The van der Waals surface area contributed by atoms with Crippen molar-refractivity contribution in [2.75, 3.05) is 0 Å². The van der Waals surface area contributed by atoms with Crippen molar-refractivity contribution in [3.63, 3.8) is 0 Å². The number of aromatic hydroxyl groups is 2. The number of hydrogen-bond donors (Lipinski definition) is 4. The maximum atomic E-state index is 12.3. The Balaban J connectivity index is 2.07. The lowest BCUT2D eigenvalue weighted by molar-refractivity contribution is -0.151. The van der Waals surface area contributed by atoms with Crippen molar-refractivity contribution in [1.29, 1.82) is 0 Å². The molecule has 1 aliphatic carbocycles. The maximum Gasteiger partial charge on any atom is 0.348 e. The average molecular weight is 364 g/mol. The summed E-state index contributed by atoms with van der Waals surface area (Å²) in [5.74, 6) is -2.24. The Bertz CT molecular complexity index is 1240. The Labute approximate surface area is 151 Å². The van der Waals surface area contributed by atoms with Crippen LogP contribution >= 0.6 is 0 Å². The number of carboxylic acid groups (broad SMARTS) is 1. The first kappa shape index (κ1) is 15.7. The number of carbonyl (C=O) groups is 2. The molecular formula is C20H12O7. The molecule has 2 aliphatic rings. The second-order valence-corrected chi connectivity index (χ2v) is 6.57. The summed E-state index contributed by atoms with van der Waals surface area (Å²) in [4.78, 5) is 23.9. The third-order valence-corrected chi connectivity index (χ3v) is 5.16. The molecule has 3 aromatic carbocycles. The van der Waals surface area contributed by atoms with Crippen molar-refractivity contribution in [1.82, 2.24) is 0 Å². The van der Waals surface area contributed by atoms with Crippen molar-refractivity contribution in [2.45, 2.75) is 12.2 Å². The van der Waals surface area contributed by atoms with Gasteiger partial charge in [-0.1, -0.05) is 12.1 Å². The van der Waals surface area contributed by atoms with Crippen molar-refractivity contribution >= 4 is 39.4 Å². The molecule has 0 saturated carbocycles.